The van der Waals surface area contributed by atoms with Gasteiger partial charge >= 0.3 is 5.97 Å². The van der Waals surface area contributed by atoms with E-state index in [2.05, 4.69) is 0 Å². The third kappa shape index (κ3) is 5.36. The van der Waals surface area contributed by atoms with Gasteiger partial charge in [-0.25, -0.2) is 0 Å². The molecule has 1 rings (SSSR count). The van der Waals surface area contributed by atoms with Crippen LogP contribution in [0.3, 0.4) is 0 Å². The van der Waals surface area contributed by atoms with Crippen LogP contribution in [0.5, 0.6) is 5.75 Å². The number of esters is 1. The van der Waals surface area contributed by atoms with Gasteiger partial charge in [0.25, 0.3) is 0 Å². The lowest BCUT2D eigenvalue weighted by Gasteiger charge is -2.06. The van der Waals surface area contributed by atoms with Crippen LogP contribution < -0.4 is 10.5 Å². The highest BCUT2D eigenvalue weighted by Gasteiger charge is 2.00. The first-order valence-electron chi connectivity index (χ1n) is 5.36. The van der Waals surface area contributed by atoms with Gasteiger partial charge in [0, 0.05) is 13.0 Å². The second-order valence-corrected chi connectivity index (χ2v) is 3.27. The Bertz CT molecular complexity index is 300. The molecular weight excluding hydrogens is 206 g/mol. The highest BCUT2D eigenvalue weighted by atomic mass is 16.5. The summed E-state index contributed by atoms with van der Waals surface area (Å²) in [5.74, 6) is 0.581. The number of carbonyl (C=O) groups excluding carboxylic acids is 1. The first-order chi connectivity index (χ1) is 7.83. The average Bonchev–Trinajstić information content (AvgIpc) is 2.30. The Balaban J connectivity index is 2.02. The molecule has 0 amide bonds. The molecule has 2 N–H and O–H groups in total. The molecule has 88 valence electrons. The molecule has 0 fully saturated rings. The zero-order valence-corrected chi connectivity index (χ0v) is 9.22. The molecule has 0 aromatic heterocycles. The normalized spacial score (nSPS) is 9.81. The monoisotopic (exact) mass is 223 g/mol. The van der Waals surface area contributed by atoms with Gasteiger partial charge in [0.15, 0.2) is 0 Å². The van der Waals surface area contributed by atoms with Gasteiger partial charge in [-0.2, -0.15) is 0 Å². The van der Waals surface area contributed by atoms with Crippen molar-refractivity contribution < 1.29 is 14.3 Å². The third-order valence-corrected chi connectivity index (χ3v) is 1.91. The standard InChI is InChI=1S/C12H17NO3/c13-8-7-12(14)16-10-4-9-15-11-5-2-1-3-6-11/h1-3,5-6H,4,7-10,13H2. The van der Waals surface area contributed by atoms with E-state index in [0.717, 1.165) is 5.75 Å². The van der Waals surface area contributed by atoms with Crippen LogP contribution in [-0.2, 0) is 9.53 Å². The maximum Gasteiger partial charge on any atom is 0.307 e. The van der Waals surface area contributed by atoms with Gasteiger partial charge in [0.1, 0.15) is 5.75 Å². The van der Waals surface area contributed by atoms with E-state index in [0.29, 0.717) is 26.2 Å². The highest BCUT2D eigenvalue weighted by Crippen LogP contribution is 2.08. The van der Waals surface area contributed by atoms with Crippen molar-refractivity contribution in [2.45, 2.75) is 12.8 Å². The molecule has 0 spiro atoms. The molecule has 0 aliphatic rings. The zero-order chi connectivity index (χ0) is 11.6. The van der Waals surface area contributed by atoms with Crippen LogP contribution in [0.25, 0.3) is 0 Å². The molecule has 0 heterocycles. The number of carbonyl (C=O) groups is 1. The van der Waals surface area contributed by atoms with E-state index in [9.17, 15) is 4.79 Å². The summed E-state index contributed by atoms with van der Waals surface area (Å²) < 4.78 is 10.4. The third-order valence-electron chi connectivity index (χ3n) is 1.91. The van der Waals surface area contributed by atoms with E-state index in [4.69, 9.17) is 15.2 Å². The zero-order valence-electron chi connectivity index (χ0n) is 9.22. The van der Waals surface area contributed by atoms with Crippen molar-refractivity contribution in [1.82, 2.24) is 0 Å². The van der Waals surface area contributed by atoms with Crippen LogP contribution in [0, 0.1) is 0 Å². The summed E-state index contributed by atoms with van der Waals surface area (Å²) in [6.45, 7) is 1.25. The van der Waals surface area contributed by atoms with Crippen molar-refractivity contribution >= 4 is 5.97 Å². The Kier molecular flexibility index (Phi) is 6.03. The second-order valence-electron chi connectivity index (χ2n) is 3.27. The SMILES string of the molecule is NCCC(=O)OCCCOc1ccccc1. The molecule has 4 nitrogen and oxygen atoms in total. The summed E-state index contributed by atoms with van der Waals surface area (Å²) in [5, 5.41) is 0. The maximum absolute atomic E-state index is 10.9. The van der Waals surface area contributed by atoms with Crippen molar-refractivity contribution in [3.05, 3.63) is 30.3 Å². The average molecular weight is 223 g/mol. The minimum Gasteiger partial charge on any atom is -0.493 e. The van der Waals surface area contributed by atoms with Crippen molar-refractivity contribution in [3.63, 3.8) is 0 Å². The minimum absolute atomic E-state index is 0.248. The van der Waals surface area contributed by atoms with E-state index in [1.54, 1.807) is 0 Å². The molecule has 0 radical (unpaired) electrons. The number of rotatable bonds is 7. The van der Waals surface area contributed by atoms with Gasteiger partial charge in [-0.15, -0.1) is 0 Å². The van der Waals surface area contributed by atoms with E-state index < -0.39 is 0 Å². The van der Waals surface area contributed by atoms with Crippen LogP contribution in [0.2, 0.25) is 0 Å². The Morgan fingerprint density at radius 3 is 2.62 bits per heavy atom. The Labute approximate surface area is 95.3 Å². The first kappa shape index (κ1) is 12.5. The summed E-state index contributed by atoms with van der Waals surface area (Å²) >= 11 is 0. The molecule has 0 saturated heterocycles. The number of hydrogen-bond donors (Lipinski definition) is 1. The van der Waals surface area contributed by atoms with Crippen molar-refractivity contribution in [1.29, 1.82) is 0 Å². The Hall–Kier alpha value is -1.55. The Morgan fingerprint density at radius 2 is 1.94 bits per heavy atom. The van der Waals surface area contributed by atoms with E-state index in [1.165, 1.54) is 0 Å². The molecule has 1 aromatic carbocycles. The van der Waals surface area contributed by atoms with Crippen LogP contribution >= 0.6 is 0 Å². The van der Waals surface area contributed by atoms with Gasteiger partial charge in [-0.3, -0.25) is 4.79 Å². The van der Waals surface area contributed by atoms with Crippen LogP contribution in [0.4, 0.5) is 0 Å². The molecule has 4 heteroatoms. The molecule has 0 atom stereocenters. The first-order valence-corrected chi connectivity index (χ1v) is 5.36. The fourth-order valence-corrected chi connectivity index (χ4v) is 1.14. The number of para-hydroxylation sites is 1. The second kappa shape index (κ2) is 7.70. The van der Waals surface area contributed by atoms with Crippen LogP contribution in [-0.4, -0.2) is 25.7 Å². The van der Waals surface area contributed by atoms with E-state index in [1.807, 2.05) is 30.3 Å². The smallest absolute Gasteiger partial charge is 0.307 e. The summed E-state index contributed by atoms with van der Waals surface area (Å²) in [6.07, 6.45) is 0.963. The number of nitrogens with two attached hydrogens (primary N) is 1. The minimum atomic E-state index is -0.248. The lowest BCUT2D eigenvalue weighted by Crippen LogP contribution is -2.13. The fourth-order valence-electron chi connectivity index (χ4n) is 1.14. The fraction of sp³-hybridized carbons (Fsp3) is 0.417. The topological polar surface area (TPSA) is 61.6 Å². The molecule has 0 aliphatic heterocycles. The van der Waals surface area contributed by atoms with Gasteiger partial charge in [-0.1, -0.05) is 18.2 Å². The quantitative estimate of drug-likeness (QED) is 0.560. The van der Waals surface area contributed by atoms with Crippen LogP contribution in [0.15, 0.2) is 30.3 Å². The number of ether oxygens (including phenoxy) is 2. The predicted molar refractivity (Wildman–Crippen MR) is 61.2 cm³/mol. The summed E-state index contributed by atoms with van der Waals surface area (Å²) in [7, 11) is 0. The van der Waals surface area contributed by atoms with E-state index >= 15 is 0 Å². The largest absolute Gasteiger partial charge is 0.493 e. The highest BCUT2D eigenvalue weighted by molar-refractivity contribution is 5.69. The molecule has 0 bridgehead atoms. The van der Waals surface area contributed by atoms with Gasteiger partial charge in [-0.05, 0) is 12.1 Å². The van der Waals surface area contributed by atoms with Crippen molar-refractivity contribution in [2.75, 3.05) is 19.8 Å². The molecule has 0 saturated carbocycles. The molecule has 0 unspecified atom stereocenters. The van der Waals surface area contributed by atoms with Gasteiger partial charge in [0.2, 0.25) is 0 Å². The molecular formula is C12H17NO3. The predicted octanol–water partition coefficient (Wildman–Crippen LogP) is 1.35. The lowest BCUT2D eigenvalue weighted by molar-refractivity contribution is -0.143. The molecule has 1 aromatic rings. The number of benzene rings is 1. The van der Waals surface area contributed by atoms with Crippen LogP contribution in [0.1, 0.15) is 12.8 Å². The number of hydrogen-bond acceptors (Lipinski definition) is 4. The maximum atomic E-state index is 10.9. The Morgan fingerprint density at radius 1 is 1.19 bits per heavy atom. The lowest BCUT2D eigenvalue weighted by atomic mass is 10.3. The molecule has 0 aliphatic carbocycles. The molecule has 16 heavy (non-hydrogen) atoms. The van der Waals surface area contributed by atoms with Crippen molar-refractivity contribution in [3.8, 4) is 5.75 Å². The van der Waals surface area contributed by atoms with Gasteiger partial charge < -0.3 is 15.2 Å². The van der Waals surface area contributed by atoms with Gasteiger partial charge in [0.05, 0.1) is 19.6 Å². The van der Waals surface area contributed by atoms with E-state index in [-0.39, 0.29) is 12.4 Å². The summed E-state index contributed by atoms with van der Waals surface area (Å²) in [4.78, 5) is 10.9. The summed E-state index contributed by atoms with van der Waals surface area (Å²) in [5.41, 5.74) is 5.21. The van der Waals surface area contributed by atoms with Crippen molar-refractivity contribution in [2.24, 2.45) is 5.73 Å². The summed E-state index contributed by atoms with van der Waals surface area (Å²) in [6, 6.07) is 9.54.